The highest BCUT2D eigenvalue weighted by atomic mass is 35.5. The molecule has 0 aliphatic heterocycles. The highest BCUT2D eigenvalue weighted by molar-refractivity contribution is 8.00. The van der Waals surface area contributed by atoms with Crippen molar-refractivity contribution in [1.82, 2.24) is 4.98 Å². The number of nitrogens with zero attached hydrogens (tertiary/aromatic N) is 1. The number of carbonyl (C=O) groups is 1. The summed E-state index contributed by atoms with van der Waals surface area (Å²) in [6.07, 6.45) is 8.44. The zero-order valence-electron chi connectivity index (χ0n) is 10.8. The number of pyridine rings is 1. The van der Waals surface area contributed by atoms with Crippen LogP contribution in [-0.2, 0) is 0 Å². The standard InChI is InChI=1S/C13H17ClN2O2S/c1-19-13(5-2-3-6-13)8-16-11-10(14)9(12(17)18)4-7-15-11/h4,7H,2-3,5-6,8H2,1H3,(H,15,16)(H,17,18). The summed E-state index contributed by atoms with van der Waals surface area (Å²) in [7, 11) is 0. The van der Waals surface area contributed by atoms with Crippen LogP contribution >= 0.6 is 23.4 Å². The van der Waals surface area contributed by atoms with Gasteiger partial charge in [0.25, 0.3) is 0 Å². The van der Waals surface area contributed by atoms with Crippen molar-refractivity contribution in [2.24, 2.45) is 0 Å². The van der Waals surface area contributed by atoms with Gasteiger partial charge in [0.2, 0.25) is 0 Å². The third-order valence-corrected chi connectivity index (χ3v) is 5.45. The van der Waals surface area contributed by atoms with Crippen molar-refractivity contribution >= 4 is 35.1 Å². The Morgan fingerprint density at radius 3 is 2.84 bits per heavy atom. The summed E-state index contributed by atoms with van der Waals surface area (Å²) in [6, 6.07) is 1.41. The Bertz CT molecular complexity index is 476. The first-order valence-electron chi connectivity index (χ1n) is 6.25. The molecule has 19 heavy (non-hydrogen) atoms. The first kappa shape index (κ1) is 14.5. The summed E-state index contributed by atoms with van der Waals surface area (Å²) < 4.78 is 0.226. The molecule has 1 saturated carbocycles. The maximum atomic E-state index is 11.0. The molecule has 0 saturated heterocycles. The van der Waals surface area contributed by atoms with Gasteiger partial charge in [0.15, 0.2) is 0 Å². The third kappa shape index (κ3) is 3.15. The van der Waals surface area contributed by atoms with E-state index in [1.165, 1.54) is 37.9 Å². The molecule has 1 aliphatic rings. The van der Waals surface area contributed by atoms with E-state index in [2.05, 4.69) is 16.6 Å². The van der Waals surface area contributed by atoms with Crippen LogP contribution in [-0.4, -0.2) is 33.6 Å². The van der Waals surface area contributed by atoms with Crippen LogP contribution in [0.3, 0.4) is 0 Å². The van der Waals surface area contributed by atoms with Crippen molar-refractivity contribution in [2.45, 2.75) is 30.4 Å². The monoisotopic (exact) mass is 300 g/mol. The number of thioether (sulfide) groups is 1. The summed E-state index contributed by atoms with van der Waals surface area (Å²) in [5.74, 6) is -0.571. The molecule has 0 spiro atoms. The number of carboxylic acid groups (broad SMARTS) is 1. The molecular weight excluding hydrogens is 284 g/mol. The van der Waals surface area contributed by atoms with E-state index in [4.69, 9.17) is 16.7 Å². The Kier molecular flexibility index (Phi) is 4.58. The van der Waals surface area contributed by atoms with Crippen molar-refractivity contribution < 1.29 is 9.90 Å². The first-order chi connectivity index (χ1) is 9.08. The molecule has 1 aromatic rings. The number of nitrogens with one attached hydrogen (secondary N) is 1. The van der Waals surface area contributed by atoms with Crippen LogP contribution in [0, 0.1) is 0 Å². The highest BCUT2D eigenvalue weighted by Crippen LogP contribution is 2.40. The second-order valence-electron chi connectivity index (χ2n) is 4.77. The molecule has 104 valence electrons. The molecule has 0 amide bonds. The van der Waals surface area contributed by atoms with Crippen LogP contribution in [0.15, 0.2) is 12.3 Å². The van der Waals surface area contributed by atoms with Crippen molar-refractivity contribution in [3.05, 3.63) is 22.8 Å². The smallest absolute Gasteiger partial charge is 0.337 e. The number of anilines is 1. The Morgan fingerprint density at radius 1 is 1.58 bits per heavy atom. The molecule has 0 bridgehead atoms. The SMILES string of the molecule is CSC1(CNc2nccc(C(=O)O)c2Cl)CCCC1. The topological polar surface area (TPSA) is 62.2 Å². The van der Waals surface area contributed by atoms with Gasteiger partial charge in [0.05, 0.1) is 10.6 Å². The first-order valence-corrected chi connectivity index (χ1v) is 7.85. The lowest BCUT2D eigenvalue weighted by Gasteiger charge is -2.27. The van der Waals surface area contributed by atoms with E-state index in [1.807, 2.05) is 11.8 Å². The van der Waals surface area contributed by atoms with E-state index in [9.17, 15) is 4.79 Å². The molecule has 0 radical (unpaired) electrons. The molecule has 0 aromatic carbocycles. The average molecular weight is 301 g/mol. The minimum atomic E-state index is -1.03. The zero-order chi connectivity index (χ0) is 13.9. The van der Waals surface area contributed by atoms with E-state index in [0.29, 0.717) is 5.82 Å². The third-order valence-electron chi connectivity index (χ3n) is 3.65. The number of halogens is 1. The highest BCUT2D eigenvalue weighted by Gasteiger charge is 2.33. The Hall–Kier alpha value is -0.940. The molecule has 0 unspecified atom stereocenters. The van der Waals surface area contributed by atoms with E-state index in [0.717, 1.165) is 6.54 Å². The van der Waals surface area contributed by atoms with Crippen LogP contribution in [0.2, 0.25) is 5.02 Å². The van der Waals surface area contributed by atoms with Crippen molar-refractivity contribution in [3.8, 4) is 0 Å². The van der Waals surface area contributed by atoms with Gasteiger partial charge >= 0.3 is 5.97 Å². The molecule has 0 atom stereocenters. The summed E-state index contributed by atoms with van der Waals surface area (Å²) in [6.45, 7) is 0.768. The second-order valence-corrected chi connectivity index (χ2v) is 6.43. The fraction of sp³-hybridized carbons (Fsp3) is 0.538. The summed E-state index contributed by atoms with van der Waals surface area (Å²) >= 11 is 7.93. The molecule has 1 aromatic heterocycles. The molecule has 1 fully saturated rings. The van der Waals surface area contributed by atoms with Gasteiger partial charge < -0.3 is 10.4 Å². The molecule has 2 rings (SSSR count). The second kappa shape index (κ2) is 6.01. The van der Waals surface area contributed by atoms with Crippen molar-refractivity contribution in [3.63, 3.8) is 0 Å². The normalized spacial score (nSPS) is 17.4. The molecule has 1 aliphatic carbocycles. The van der Waals surface area contributed by atoms with Gasteiger partial charge in [0, 0.05) is 17.5 Å². The van der Waals surface area contributed by atoms with Crippen LogP contribution in [0.25, 0.3) is 0 Å². The fourth-order valence-corrected chi connectivity index (χ4v) is 3.62. The number of aromatic carboxylic acids is 1. The van der Waals surface area contributed by atoms with E-state index < -0.39 is 5.97 Å². The van der Waals surface area contributed by atoms with Gasteiger partial charge in [-0.2, -0.15) is 11.8 Å². The van der Waals surface area contributed by atoms with Gasteiger partial charge in [-0.15, -0.1) is 0 Å². The predicted octanol–water partition coefficient (Wildman–Crippen LogP) is 3.52. The number of hydrogen-bond acceptors (Lipinski definition) is 4. The molecule has 4 nitrogen and oxygen atoms in total. The van der Waals surface area contributed by atoms with Crippen LogP contribution in [0.4, 0.5) is 5.82 Å². The largest absolute Gasteiger partial charge is 0.478 e. The minimum absolute atomic E-state index is 0.0868. The van der Waals surface area contributed by atoms with Crippen LogP contribution < -0.4 is 5.32 Å². The van der Waals surface area contributed by atoms with Gasteiger partial charge in [-0.1, -0.05) is 24.4 Å². The Morgan fingerprint density at radius 2 is 2.26 bits per heavy atom. The lowest BCUT2D eigenvalue weighted by atomic mass is 10.1. The lowest BCUT2D eigenvalue weighted by molar-refractivity contribution is 0.0697. The summed E-state index contributed by atoms with van der Waals surface area (Å²) in [4.78, 5) is 15.1. The van der Waals surface area contributed by atoms with Crippen LogP contribution in [0.1, 0.15) is 36.0 Å². The van der Waals surface area contributed by atoms with E-state index >= 15 is 0 Å². The van der Waals surface area contributed by atoms with Crippen molar-refractivity contribution in [2.75, 3.05) is 18.1 Å². The Balaban J connectivity index is 2.11. The average Bonchev–Trinajstić information content (AvgIpc) is 2.87. The van der Waals surface area contributed by atoms with E-state index in [-0.39, 0.29) is 15.3 Å². The Labute approximate surface area is 121 Å². The molecular formula is C13H17ClN2O2S. The maximum absolute atomic E-state index is 11.0. The summed E-state index contributed by atoms with van der Waals surface area (Å²) in [5.41, 5.74) is 0.0868. The molecule has 2 N–H and O–H groups in total. The number of rotatable bonds is 5. The lowest BCUT2D eigenvalue weighted by Crippen LogP contribution is -2.30. The number of hydrogen-bond donors (Lipinski definition) is 2. The molecule has 6 heteroatoms. The quantitative estimate of drug-likeness (QED) is 0.871. The summed E-state index contributed by atoms with van der Waals surface area (Å²) in [5, 5.41) is 12.4. The fourth-order valence-electron chi connectivity index (χ4n) is 2.45. The van der Waals surface area contributed by atoms with Crippen molar-refractivity contribution in [1.29, 1.82) is 0 Å². The minimum Gasteiger partial charge on any atom is -0.478 e. The van der Waals surface area contributed by atoms with Gasteiger partial charge in [-0.3, -0.25) is 0 Å². The van der Waals surface area contributed by atoms with Gasteiger partial charge in [-0.25, -0.2) is 9.78 Å². The number of carboxylic acids is 1. The predicted molar refractivity (Wildman–Crippen MR) is 79.4 cm³/mol. The van der Waals surface area contributed by atoms with Gasteiger partial charge in [0.1, 0.15) is 5.82 Å². The van der Waals surface area contributed by atoms with Crippen LogP contribution in [0.5, 0.6) is 0 Å². The number of aromatic nitrogens is 1. The zero-order valence-corrected chi connectivity index (χ0v) is 12.4. The molecule has 1 heterocycles. The van der Waals surface area contributed by atoms with Gasteiger partial charge in [-0.05, 0) is 25.2 Å². The maximum Gasteiger partial charge on any atom is 0.337 e. The van der Waals surface area contributed by atoms with E-state index in [1.54, 1.807) is 0 Å².